The van der Waals surface area contributed by atoms with Crippen molar-refractivity contribution < 1.29 is 19.2 Å². The molecule has 0 fully saturated rings. The molecule has 0 spiro atoms. The molecule has 0 aromatic carbocycles. The van der Waals surface area contributed by atoms with E-state index in [1.54, 1.807) is 0 Å². The maximum absolute atomic E-state index is 10.2. The second-order valence-corrected chi connectivity index (χ2v) is 7.53. The maximum Gasteiger partial charge on any atom is 0.0414 e. The molecule has 4 nitrogen and oxygen atoms in total. The quantitative estimate of drug-likeness (QED) is 0.269. The Morgan fingerprint density at radius 1 is 0.769 bits per heavy atom. The average Bonchev–Trinajstić information content (AvgIpc) is 2.58. The molecule has 5 heteroatoms. The Hall–Kier alpha value is -0.0775. The molecule has 0 aromatic heterocycles. The molecule has 0 rings (SSSR count). The maximum atomic E-state index is 10.2. The van der Waals surface area contributed by atoms with Crippen molar-refractivity contribution in [2.24, 2.45) is 0 Å². The van der Waals surface area contributed by atoms with Crippen LogP contribution in [-0.2, 0) is 8.58 Å². The molecule has 155 valence electrons. The van der Waals surface area contributed by atoms with Gasteiger partial charge in [-0.05, 0) is 12.8 Å². The third-order valence-corrected chi connectivity index (χ3v) is 4.80. The van der Waals surface area contributed by atoms with E-state index in [0.717, 1.165) is 12.8 Å². The van der Waals surface area contributed by atoms with Gasteiger partial charge in [-0.1, -0.05) is 96.8 Å². The third kappa shape index (κ3) is 35.1. The molecule has 0 aromatic rings. The fraction of sp³-hybridized carbons (Fsp3) is 0.952. The number of carboxylic acid groups (broad SMARTS) is 1. The Morgan fingerprint density at radius 3 is 1.27 bits per heavy atom. The molecule has 0 aliphatic rings. The molecule has 0 unspecified atom stereocenters. The van der Waals surface area contributed by atoms with E-state index in [-0.39, 0.29) is 11.9 Å². The van der Waals surface area contributed by atoms with Crippen molar-refractivity contribution in [1.82, 2.24) is 0 Å². The first-order valence-electron chi connectivity index (χ1n) is 10.6. The summed E-state index contributed by atoms with van der Waals surface area (Å²) in [5, 5.41) is 10.2. The number of unbranched alkanes of at least 4 members (excludes halogenated alkanes) is 14. The van der Waals surface area contributed by atoms with Crippen LogP contribution in [0.4, 0.5) is 0 Å². The minimum atomic E-state index is -0.903. The first kappa shape index (κ1) is 30.6. The minimum Gasteiger partial charge on any atom is -0.550 e. The number of carbonyl (C=O) groups is 1. The van der Waals surface area contributed by atoms with E-state index in [9.17, 15) is 9.90 Å². The molecule has 0 heterocycles. The first-order chi connectivity index (χ1) is 12.0. The summed E-state index contributed by atoms with van der Waals surface area (Å²) in [6.45, 7) is 6.23. The summed E-state index contributed by atoms with van der Waals surface area (Å²) in [7, 11) is 0. The second kappa shape index (κ2) is 27.1. The predicted molar refractivity (Wildman–Crippen MR) is 110 cm³/mol. The Kier molecular flexibility index (Phi) is 32.0. The van der Waals surface area contributed by atoms with Gasteiger partial charge in [0.15, 0.2) is 0 Å². The molecular weight excluding hydrogens is 343 g/mol. The topological polar surface area (TPSA) is 80.9 Å². The van der Waals surface area contributed by atoms with Crippen LogP contribution in [0, 0.1) is 0 Å². The van der Waals surface area contributed by atoms with Crippen LogP contribution in [0.2, 0.25) is 0 Å². The Labute approximate surface area is 171 Å². The molecular formula is C21H44AlO4. The summed E-state index contributed by atoms with van der Waals surface area (Å²) < 4.78 is 4.67. The molecule has 1 radical (unpaired) electrons. The van der Waals surface area contributed by atoms with E-state index < -0.39 is 5.97 Å². The van der Waals surface area contributed by atoms with Gasteiger partial charge in [0.05, 0.1) is 0 Å². The molecule has 0 atom stereocenters. The minimum absolute atomic E-state index is 0. The summed E-state index contributed by atoms with van der Waals surface area (Å²) in [6, 6.07) is 0. The van der Waals surface area contributed by atoms with Gasteiger partial charge in [0.25, 0.3) is 0 Å². The van der Waals surface area contributed by atoms with Gasteiger partial charge in [0, 0.05) is 5.97 Å². The summed E-state index contributed by atoms with van der Waals surface area (Å²) in [5.41, 5.74) is 0. The fourth-order valence-electron chi connectivity index (χ4n) is 2.64. The summed E-state index contributed by atoms with van der Waals surface area (Å²) >= 11 is 2.19. The van der Waals surface area contributed by atoms with Crippen molar-refractivity contribution in [2.45, 2.75) is 130 Å². The van der Waals surface area contributed by atoms with Gasteiger partial charge >= 0.3 is 40.4 Å². The molecule has 0 saturated carbocycles. The van der Waals surface area contributed by atoms with Crippen LogP contribution in [0.15, 0.2) is 0 Å². The van der Waals surface area contributed by atoms with E-state index in [2.05, 4.69) is 27.3 Å². The normalized spacial score (nSPS) is 10.1. The average molecular weight is 388 g/mol. The van der Waals surface area contributed by atoms with Gasteiger partial charge in [-0.15, -0.1) is 0 Å². The van der Waals surface area contributed by atoms with E-state index in [0.29, 0.717) is 6.10 Å². The van der Waals surface area contributed by atoms with Crippen LogP contribution in [0.5, 0.6) is 0 Å². The van der Waals surface area contributed by atoms with Crippen molar-refractivity contribution in [3.05, 3.63) is 0 Å². The Morgan fingerprint density at radius 2 is 1.04 bits per heavy atom. The van der Waals surface area contributed by atoms with E-state index in [4.69, 9.17) is 0 Å². The Balaban J connectivity index is -0.000000772. The van der Waals surface area contributed by atoms with Crippen molar-refractivity contribution in [3.8, 4) is 0 Å². The molecule has 0 bridgehead atoms. The standard InChI is InChI=1S/C18H36O2.C3H7O.Al.H2O/c1-2-3-4-5-6-7-8-9-10-11-12-13-14-15-16-17-18(19)20;1-3(2)4;;/h2-17H2,1H3,(H,19,20);3H,1-2H3;;1H2/q;-1;+2;/p-1. The van der Waals surface area contributed by atoms with E-state index >= 15 is 0 Å². The number of hydrogen-bond acceptors (Lipinski definition) is 3. The van der Waals surface area contributed by atoms with Crippen molar-refractivity contribution >= 4 is 22.6 Å². The number of aliphatic carboxylic acids is 1. The largest absolute Gasteiger partial charge is 0.550 e. The summed E-state index contributed by atoms with van der Waals surface area (Å²) in [6.07, 6.45) is 20.2. The van der Waals surface area contributed by atoms with Gasteiger partial charge in [0.2, 0.25) is 0 Å². The van der Waals surface area contributed by atoms with Crippen molar-refractivity contribution in [2.75, 3.05) is 0 Å². The zero-order valence-electron chi connectivity index (χ0n) is 17.7. The van der Waals surface area contributed by atoms with E-state index in [1.807, 2.05) is 13.8 Å². The molecule has 0 aliphatic heterocycles. The fourth-order valence-corrected chi connectivity index (χ4v) is 2.64. The van der Waals surface area contributed by atoms with E-state index in [1.165, 1.54) is 83.5 Å². The zero-order chi connectivity index (χ0) is 19.2. The number of carboxylic acids is 1. The third-order valence-electron chi connectivity index (χ3n) is 4.26. The molecule has 0 saturated heterocycles. The van der Waals surface area contributed by atoms with Gasteiger partial charge in [0.1, 0.15) is 0 Å². The van der Waals surface area contributed by atoms with Crippen LogP contribution in [0.3, 0.4) is 0 Å². The van der Waals surface area contributed by atoms with Crippen LogP contribution in [0.1, 0.15) is 124 Å². The SMILES string of the molecule is CC(C)[O][Al+].CCCCCCCCCCCCCCCCCC(=O)[O-].O. The summed E-state index contributed by atoms with van der Waals surface area (Å²) in [5.74, 6) is -0.903. The Bertz CT molecular complexity index is 260. The molecule has 2 N–H and O–H groups in total. The van der Waals surface area contributed by atoms with Gasteiger partial charge in [-0.3, -0.25) is 0 Å². The molecule has 26 heavy (non-hydrogen) atoms. The van der Waals surface area contributed by atoms with Gasteiger partial charge in [-0.25, -0.2) is 0 Å². The van der Waals surface area contributed by atoms with Crippen LogP contribution >= 0.6 is 0 Å². The first-order valence-corrected chi connectivity index (χ1v) is 11.1. The molecule has 0 aliphatic carbocycles. The van der Waals surface area contributed by atoms with Gasteiger partial charge < -0.3 is 15.4 Å². The van der Waals surface area contributed by atoms with Crippen molar-refractivity contribution in [1.29, 1.82) is 0 Å². The zero-order valence-corrected chi connectivity index (χ0v) is 18.8. The summed E-state index contributed by atoms with van der Waals surface area (Å²) in [4.78, 5) is 10.2. The number of rotatable bonds is 17. The predicted octanol–water partition coefficient (Wildman–Crippen LogP) is 4.67. The van der Waals surface area contributed by atoms with Crippen LogP contribution in [-0.4, -0.2) is 34.2 Å². The van der Waals surface area contributed by atoms with Gasteiger partial charge in [-0.2, -0.15) is 0 Å². The number of hydrogen-bond donors (Lipinski definition) is 0. The number of carbonyl (C=O) groups excluding carboxylic acids is 1. The van der Waals surface area contributed by atoms with Crippen molar-refractivity contribution in [3.63, 3.8) is 0 Å². The second-order valence-electron chi connectivity index (χ2n) is 7.26. The smallest absolute Gasteiger partial charge is 0.0414 e. The monoisotopic (exact) mass is 387 g/mol. The molecule has 0 amide bonds. The van der Waals surface area contributed by atoms with Crippen LogP contribution in [0.25, 0.3) is 0 Å². The van der Waals surface area contributed by atoms with Crippen LogP contribution < -0.4 is 5.11 Å².